The van der Waals surface area contributed by atoms with E-state index < -0.39 is 205 Å². The molecule has 0 aliphatic carbocycles. The van der Waals surface area contributed by atoms with E-state index in [1.165, 1.54) is 60.4 Å². The number of guanidine groups is 1. The molecule has 6 rings (SSSR count). The number of imidazole rings is 1. The number of aromatic amines is 2. The number of rotatable bonds is 58. The van der Waals surface area contributed by atoms with E-state index in [4.69, 9.17) is 28.3 Å². The molecular formula is C86H127N23O19S. The lowest BCUT2D eigenvalue weighted by atomic mass is 10.0. The summed E-state index contributed by atoms with van der Waals surface area (Å²) in [5.74, 6) is -15.1. The molecule has 1 aliphatic rings. The first-order valence-corrected chi connectivity index (χ1v) is 44.7. The Hall–Kier alpha value is -12.8. The minimum absolute atomic E-state index is 0.00471. The normalized spacial score (nSPS) is 15.1. The third-order valence-electron chi connectivity index (χ3n) is 21.5. The number of aromatic nitrogens is 3. The maximum absolute atomic E-state index is 15.3. The summed E-state index contributed by atoms with van der Waals surface area (Å²) in [6.07, 6.45) is 6.67. The van der Waals surface area contributed by atoms with Crippen LogP contribution >= 0.6 is 11.8 Å². The molecule has 15 amide bonds. The molecule has 0 radical (unpaired) electrons. The number of amides is 15. The van der Waals surface area contributed by atoms with Gasteiger partial charge in [0, 0.05) is 81.1 Å². The van der Waals surface area contributed by atoms with Gasteiger partial charge in [-0.25, -0.2) is 4.98 Å². The number of aliphatic hydroxyl groups is 1. The van der Waals surface area contributed by atoms with Crippen LogP contribution in [0.25, 0.3) is 10.9 Å². The fraction of sp³-hybridized carbons (Fsp3) is 0.535. The average Bonchev–Trinajstić information content (AvgIpc) is 1.67. The molecule has 1 saturated heterocycles. The van der Waals surface area contributed by atoms with Crippen LogP contribution in [-0.4, -0.2) is 266 Å². The highest BCUT2D eigenvalue weighted by Gasteiger charge is 2.41. The number of nitrogens with one attached hydrogen (secondary N) is 17. The van der Waals surface area contributed by atoms with Gasteiger partial charge < -0.3 is 128 Å². The minimum Gasteiger partial charge on any atom is -0.508 e. The number of primary amides is 1. The number of carboxylic acids is 1. The lowest BCUT2D eigenvalue weighted by Gasteiger charge is -2.30. The van der Waals surface area contributed by atoms with Gasteiger partial charge in [0.15, 0.2) is 5.96 Å². The number of H-pyrrole nitrogens is 2. The van der Waals surface area contributed by atoms with Crippen LogP contribution in [0.4, 0.5) is 0 Å². The highest BCUT2D eigenvalue weighted by molar-refractivity contribution is 7.98. The number of hydrogen-bond acceptors (Lipinski definition) is 23. The number of carbonyl (C=O) groups is 16. The van der Waals surface area contributed by atoms with Gasteiger partial charge in [0.05, 0.1) is 19.5 Å². The molecule has 129 heavy (non-hydrogen) atoms. The van der Waals surface area contributed by atoms with E-state index in [-0.39, 0.29) is 113 Å². The first kappa shape index (κ1) is 105. The lowest BCUT2D eigenvalue weighted by Crippen LogP contribution is -2.61. The Bertz CT molecular complexity index is 4560. The number of aliphatic carboxylic acids is 1. The molecule has 43 heteroatoms. The van der Waals surface area contributed by atoms with Gasteiger partial charge in [-0.3, -0.25) is 82.1 Å². The van der Waals surface area contributed by atoms with Crippen molar-refractivity contribution in [1.29, 1.82) is 5.41 Å². The fourth-order valence-corrected chi connectivity index (χ4v) is 14.9. The first-order valence-electron chi connectivity index (χ1n) is 43.3. The van der Waals surface area contributed by atoms with Crippen molar-refractivity contribution < 1.29 is 92.0 Å². The zero-order chi connectivity index (χ0) is 94.7. The second-order valence-corrected chi connectivity index (χ2v) is 32.9. The molecule has 5 aromatic rings. The second kappa shape index (κ2) is 55.1. The number of aliphatic hydroxyl groups excluding tert-OH is 1. The van der Waals surface area contributed by atoms with Crippen LogP contribution in [0.2, 0.25) is 0 Å². The number of aromatic hydroxyl groups is 1. The Labute approximate surface area is 752 Å². The van der Waals surface area contributed by atoms with Gasteiger partial charge in [0.1, 0.15) is 84.3 Å². The number of hydrogen-bond donors (Lipinski definition) is 24. The Morgan fingerprint density at radius 1 is 0.543 bits per heavy atom. The van der Waals surface area contributed by atoms with Gasteiger partial charge in [-0.2, -0.15) is 11.8 Å². The van der Waals surface area contributed by atoms with Crippen molar-refractivity contribution in [2.24, 2.45) is 28.9 Å². The van der Waals surface area contributed by atoms with Crippen LogP contribution in [0.5, 0.6) is 5.75 Å². The molecule has 0 saturated carbocycles. The number of nitrogens with two attached hydrogens (primary N) is 4. The molecule has 706 valence electrons. The summed E-state index contributed by atoms with van der Waals surface area (Å²) in [6, 6.07) is 2.38. The number of fused-ring (bicyclic) bond motifs is 1. The molecule has 1 aliphatic heterocycles. The summed E-state index contributed by atoms with van der Waals surface area (Å²) in [4.78, 5) is 237. The van der Waals surface area contributed by atoms with Gasteiger partial charge in [-0.1, -0.05) is 94.3 Å². The van der Waals surface area contributed by atoms with E-state index >= 15 is 14.4 Å². The van der Waals surface area contributed by atoms with E-state index in [0.717, 1.165) is 0 Å². The van der Waals surface area contributed by atoms with Crippen LogP contribution in [0, 0.1) is 11.3 Å². The summed E-state index contributed by atoms with van der Waals surface area (Å²) >= 11 is 1.27. The van der Waals surface area contributed by atoms with Gasteiger partial charge in [-0.05, 0) is 149 Å². The lowest BCUT2D eigenvalue weighted by molar-refractivity contribution is -0.142. The summed E-state index contributed by atoms with van der Waals surface area (Å²) in [7, 11) is 0. The van der Waals surface area contributed by atoms with Crippen molar-refractivity contribution in [3.8, 4) is 5.75 Å². The molecule has 3 heterocycles. The molecule has 0 unspecified atom stereocenters. The molecule has 3 aromatic carbocycles. The Balaban J connectivity index is 1.26. The number of likely N-dealkylation sites (tertiary alicyclic amines) is 1. The van der Waals surface area contributed by atoms with Crippen molar-refractivity contribution in [2.75, 3.05) is 51.3 Å². The maximum atomic E-state index is 15.3. The topological polar surface area (TPSA) is 678 Å². The molecular weight excluding hydrogens is 1690 g/mol. The highest BCUT2D eigenvalue weighted by Crippen LogP contribution is 2.24. The quantitative estimate of drug-likeness (QED) is 0.0107. The predicted molar refractivity (Wildman–Crippen MR) is 478 cm³/mol. The molecule has 2 aromatic heterocycles. The zero-order valence-electron chi connectivity index (χ0n) is 73.4. The number of nitrogens with zero attached hydrogens (tertiary/aromatic N) is 2. The molecule has 1 fully saturated rings. The van der Waals surface area contributed by atoms with Crippen LogP contribution in [0.3, 0.4) is 0 Å². The van der Waals surface area contributed by atoms with Crippen LogP contribution in [0.15, 0.2) is 97.6 Å². The summed E-state index contributed by atoms with van der Waals surface area (Å²) in [5, 5.41) is 75.9. The SMILES string of the molecule is CCCC[C@H](NC(=O)[C@H](Cc1ccc(O)cc1)NC(=O)[C@H](CO)NC(=O)[C@H](CCCCN)NC(C)=O)C(=O)N[C@@H](CCSC)C(=O)N[C@@H](CCC(=O)O)C(=O)N[C@@H](Cc1cnc[nH]1)C(=O)N[C@@H](Cc1ccccc1)C(=O)N[C@@H](CCCNC(=N)N)C(=O)N[C@@H](Cc1c[nH]c2ccccc12)C(=O)NCC(=O)N[C@@H](CCCCN)C(=O)N1CCC[C@H]1C(=O)N[C@H](C(N)=O)C(C)C. The van der Waals surface area contributed by atoms with E-state index in [9.17, 15) is 77.6 Å². The van der Waals surface area contributed by atoms with Gasteiger partial charge >= 0.3 is 5.97 Å². The fourth-order valence-electron chi connectivity index (χ4n) is 14.5. The number of thioether (sulfide) groups is 1. The number of benzene rings is 3. The van der Waals surface area contributed by atoms with E-state index in [2.05, 4.69) is 89.4 Å². The van der Waals surface area contributed by atoms with Crippen LogP contribution in [-0.2, 0) is 102 Å². The highest BCUT2D eigenvalue weighted by atomic mass is 32.2. The van der Waals surface area contributed by atoms with Gasteiger partial charge in [-0.15, -0.1) is 0 Å². The van der Waals surface area contributed by atoms with Crippen LogP contribution in [0.1, 0.15) is 153 Å². The van der Waals surface area contributed by atoms with Crippen molar-refractivity contribution in [1.82, 2.24) is 94.3 Å². The van der Waals surface area contributed by atoms with E-state index in [0.29, 0.717) is 79.1 Å². The van der Waals surface area contributed by atoms with Crippen molar-refractivity contribution in [2.45, 2.75) is 235 Å². The summed E-state index contributed by atoms with van der Waals surface area (Å²) < 4.78 is 0. The minimum atomic E-state index is -1.77. The number of carbonyl (C=O) groups excluding carboxylic acids is 15. The Morgan fingerprint density at radius 2 is 1.03 bits per heavy atom. The number of carboxylic acid groups (broad SMARTS) is 1. The molecule has 13 atom stereocenters. The largest absolute Gasteiger partial charge is 0.508 e. The third-order valence-corrected chi connectivity index (χ3v) is 22.1. The van der Waals surface area contributed by atoms with Crippen molar-refractivity contribution in [3.63, 3.8) is 0 Å². The summed E-state index contributed by atoms with van der Waals surface area (Å²) in [6.45, 7) is 5.43. The van der Waals surface area contributed by atoms with Gasteiger partial charge in [0.2, 0.25) is 88.6 Å². The molecule has 42 nitrogen and oxygen atoms in total. The van der Waals surface area contributed by atoms with E-state index in [1.54, 1.807) is 87.8 Å². The standard InChI is InChI=1S/C86H127N23O19S/c1-6-7-22-59(99-81(124)65(41-52-28-30-55(112)31-29-52)104-83(126)68(47-110)107-75(118)58(97-50(4)111)24-13-15-35-87)76(119)102-62(34-39-129-5)79(122)101-61(32-33-71(114)115)78(121)106-67(43-54-45-92-48-96-54)82(125)103-64(40-51-19-9-8-10-20-51)80(123)100-60(26-17-37-93-86(90)91)77(120)105-66(42-53-44-94-57-23-12-11-21-56(53)57)74(117)95-46-70(113)98-63(25-14-16-36-88)85(128)109-38-18-27-69(109)84(127)108-72(49(2)3)73(89)116/h8-12,19-21,23,28-31,44-45,48-49,58-69,72,94,110,112H,6-7,13-18,22,24-27,32-43,46-47,87-88H2,1-5H3,(H2,89,116)(H,92,96)(H,95,117)(H,97,111)(H,98,113)(H,99,124)(H,100,123)(H,101,122)(H,102,119)(H,103,125)(H,104,126)(H,105,120)(H,106,121)(H,107,118)(H,108,127)(H,114,115)(H4,90,91,93)/t58-,59-,60-,61-,62-,63-,64-,65-,66-,67-,68-,69-,72-/m0/s1. The van der Waals surface area contributed by atoms with Gasteiger partial charge in [0.25, 0.3) is 0 Å². The number of phenols is 1. The number of phenolic OH excluding ortho intramolecular Hbond substituents is 1. The number of para-hydroxylation sites is 1. The molecule has 0 spiro atoms. The smallest absolute Gasteiger partial charge is 0.303 e. The zero-order valence-corrected chi connectivity index (χ0v) is 74.2. The van der Waals surface area contributed by atoms with Crippen LogP contribution < -0.4 is 97.4 Å². The van der Waals surface area contributed by atoms with Crippen molar-refractivity contribution >= 4 is 123 Å². The predicted octanol–water partition coefficient (Wildman–Crippen LogP) is -2.73. The Morgan fingerprint density at radius 3 is 1.55 bits per heavy atom. The van der Waals surface area contributed by atoms with Crippen molar-refractivity contribution in [3.05, 3.63) is 120 Å². The third kappa shape index (κ3) is 35.8. The number of unbranched alkanes of at least 4 members (excludes halogenated alkanes) is 3. The van der Waals surface area contributed by atoms with E-state index in [1.807, 2.05) is 0 Å². The monoisotopic (exact) mass is 1820 g/mol. The average molecular weight is 1820 g/mol. The summed E-state index contributed by atoms with van der Waals surface area (Å²) in [5.41, 5.74) is 25.0. The Kier molecular flexibility index (Phi) is 44.8. The maximum Gasteiger partial charge on any atom is 0.303 e. The molecule has 28 N–H and O–H groups in total. The second-order valence-electron chi connectivity index (χ2n) is 32.0. The molecule has 0 bridgehead atoms. The first-order chi connectivity index (χ1) is 61.7.